The van der Waals surface area contributed by atoms with Crippen LogP contribution in [0.4, 0.5) is 0 Å². The average molecular weight is 359 g/mol. The number of amides is 1. The highest BCUT2D eigenvalue weighted by molar-refractivity contribution is 9.10. The van der Waals surface area contributed by atoms with E-state index in [4.69, 9.17) is 16.3 Å². The maximum absolute atomic E-state index is 11.9. The third-order valence-corrected chi connectivity index (χ3v) is 3.47. The number of aromatic amines is 1. The molecule has 0 bridgehead atoms. The molecule has 1 N–H and O–H groups in total. The molecule has 2 rings (SSSR count). The Bertz CT molecular complexity index is 589. The van der Waals surface area contributed by atoms with Gasteiger partial charge in [-0.05, 0) is 34.1 Å². The summed E-state index contributed by atoms with van der Waals surface area (Å²) in [6.07, 6.45) is 3.37. The molecule has 2 aromatic rings. The van der Waals surface area contributed by atoms with Crippen LogP contribution in [0.15, 0.2) is 35.1 Å². The predicted molar refractivity (Wildman–Crippen MR) is 79.7 cm³/mol. The Morgan fingerprint density at radius 3 is 3.00 bits per heavy atom. The number of ether oxygens (including phenoxy) is 1. The van der Waals surface area contributed by atoms with Gasteiger partial charge < -0.3 is 14.6 Å². The summed E-state index contributed by atoms with van der Waals surface area (Å²) in [5, 5.41) is 0.602. The van der Waals surface area contributed by atoms with Crippen molar-refractivity contribution in [2.45, 2.75) is 6.54 Å². The number of nitrogens with zero attached hydrogens (tertiary/aromatic N) is 2. The Morgan fingerprint density at radius 2 is 2.35 bits per heavy atom. The molecule has 0 radical (unpaired) electrons. The van der Waals surface area contributed by atoms with Crippen molar-refractivity contribution in [3.63, 3.8) is 0 Å². The Labute approximate surface area is 130 Å². The molecule has 0 aliphatic heterocycles. The molecular weight excluding hydrogens is 346 g/mol. The number of likely N-dealkylation sites (N-methyl/N-ethyl adjacent to an activating group) is 1. The van der Waals surface area contributed by atoms with Crippen LogP contribution < -0.4 is 4.74 Å². The van der Waals surface area contributed by atoms with Crippen LogP contribution in [-0.4, -0.2) is 34.4 Å². The normalized spacial score (nSPS) is 10.3. The molecule has 0 saturated heterocycles. The quantitative estimate of drug-likeness (QED) is 0.894. The van der Waals surface area contributed by atoms with E-state index in [9.17, 15) is 4.79 Å². The molecule has 0 spiro atoms. The van der Waals surface area contributed by atoms with Gasteiger partial charge in [-0.15, -0.1) is 0 Å². The number of H-pyrrole nitrogens is 1. The maximum atomic E-state index is 11.9. The van der Waals surface area contributed by atoms with E-state index in [1.54, 1.807) is 42.5 Å². The van der Waals surface area contributed by atoms with Crippen LogP contribution >= 0.6 is 27.5 Å². The van der Waals surface area contributed by atoms with Crippen molar-refractivity contribution in [1.29, 1.82) is 0 Å². The summed E-state index contributed by atoms with van der Waals surface area (Å²) in [6.45, 7) is 0.369. The minimum atomic E-state index is -0.136. The number of carbonyl (C=O) groups is 1. The van der Waals surface area contributed by atoms with Gasteiger partial charge in [-0.1, -0.05) is 11.6 Å². The lowest BCUT2D eigenvalue weighted by molar-refractivity contribution is -0.132. The topological polar surface area (TPSA) is 58.2 Å². The largest absolute Gasteiger partial charge is 0.483 e. The Kier molecular flexibility index (Phi) is 5.03. The maximum Gasteiger partial charge on any atom is 0.260 e. The molecule has 1 aromatic heterocycles. The highest BCUT2D eigenvalue weighted by Crippen LogP contribution is 2.27. The van der Waals surface area contributed by atoms with Crippen LogP contribution in [-0.2, 0) is 11.3 Å². The third-order valence-electron chi connectivity index (χ3n) is 2.61. The lowest BCUT2D eigenvalue weighted by Gasteiger charge is -2.16. The SMILES string of the molecule is CN(Cc1ncc[nH]1)C(=O)COc1ccc(Cl)cc1Br. The van der Waals surface area contributed by atoms with Gasteiger partial charge in [-0.2, -0.15) is 0 Å². The number of imidazole rings is 1. The molecule has 1 heterocycles. The van der Waals surface area contributed by atoms with Crippen LogP contribution in [0.25, 0.3) is 0 Å². The van der Waals surface area contributed by atoms with Crippen molar-refractivity contribution in [1.82, 2.24) is 14.9 Å². The molecule has 1 amide bonds. The fourth-order valence-corrected chi connectivity index (χ4v) is 2.34. The van der Waals surface area contributed by atoms with Crippen LogP contribution in [0.5, 0.6) is 5.75 Å². The number of hydrogen-bond donors (Lipinski definition) is 1. The fraction of sp³-hybridized carbons (Fsp3) is 0.231. The molecule has 20 heavy (non-hydrogen) atoms. The van der Waals surface area contributed by atoms with Crippen molar-refractivity contribution < 1.29 is 9.53 Å². The van der Waals surface area contributed by atoms with Crippen LogP contribution in [0.1, 0.15) is 5.82 Å². The second kappa shape index (κ2) is 6.76. The van der Waals surface area contributed by atoms with E-state index in [0.29, 0.717) is 21.8 Å². The molecule has 0 fully saturated rings. The molecule has 0 saturated carbocycles. The van der Waals surface area contributed by atoms with E-state index < -0.39 is 0 Å². The molecule has 0 atom stereocenters. The summed E-state index contributed by atoms with van der Waals surface area (Å²) < 4.78 is 6.18. The van der Waals surface area contributed by atoms with Crippen LogP contribution in [0.3, 0.4) is 0 Å². The summed E-state index contributed by atoms with van der Waals surface area (Å²) >= 11 is 9.17. The first-order valence-electron chi connectivity index (χ1n) is 5.86. The van der Waals surface area contributed by atoms with E-state index >= 15 is 0 Å². The number of nitrogens with one attached hydrogen (secondary N) is 1. The van der Waals surface area contributed by atoms with Crippen molar-refractivity contribution in [2.75, 3.05) is 13.7 Å². The van der Waals surface area contributed by atoms with Crippen molar-refractivity contribution in [3.8, 4) is 5.75 Å². The van der Waals surface area contributed by atoms with E-state index in [2.05, 4.69) is 25.9 Å². The molecule has 106 valence electrons. The summed E-state index contributed by atoms with van der Waals surface area (Å²) in [4.78, 5) is 20.5. The lowest BCUT2D eigenvalue weighted by Crippen LogP contribution is -2.31. The number of rotatable bonds is 5. The summed E-state index contributed by atoms with van der Waals surface area (Å²) in [7, 11) is 1.70. The lowest BCUT2D eigenvalue weighted by atomic mass is 10.3. The predicted octanol–water partition coefficient (Wildman–Crippen LogP) is 2.86. The number of aromatic nitrogens is 2. The minimum absolute atomic E-state index is 0.0442. The number of carbonyl (C=O) groups excluding carboxylic acids is 1. The Morgan fingerprint density at radius 1 is 1.55 bits per heavy atom. The standard InChI is InChI=1S/C13H13BrClN3O2/c1-18(7-12-16-4-5-17-12)13(19)8-20-11-3-2-9(15)6-10(11)14/h2-6H,7-8H2,1H3,(H,16,17). The number of hydrogen-bond acceptors (Lipinski definition) is 3. The van der Waals surface area contributed by atoms with Gasteiger partial charge in [0, 0.05) is 24.5 Å². The first kappa shape index (κ1) is 14.9. The zero-order chi connectivity index (χ0) is 14.5. The van der Waals surface area contributed by atoms with Crippen LogP contribution in [0, 0.1) is 0 Å². The Balaban J connectivity index is 1.88. The van der Waals surface area contributed by atoms with Gasteiger partial charge in [0.25, 0.3) is 5.91 Å². The molecule has 1 aromatic carbocycles. The molecule has 7 heteroatoms. The zero-order valence-electron chi connectivity index (χ0n) is 10.8. The molecule has 0 aliphatic carbocycles. The van der Waals surface area contributed by atoms with Crippen molar-refractivity contribution >= 4 is 33.4 Å². The summed E-state index contributed by atoms with van der Waals surface area (Å²) in [5.74, 6) is 1.17. The van der Waals surface area contributed by atoms with Crippen molar-refractivity contribution in [3.05, 3.63) is 45.9 Å². The zero-order valence-corrected chi connectivity index (χ0v) is 13.1. The van der Waals surface area contributed by atoms with Gasteiger partial charge >= 0.3 is 0 Å². The van der Waals surface area contributed by atoms with Gasteiger partial charge in [0.05, 0.1) is 11.0 Å². The first-order valence-corrected chi connectivity index (χ1v) is 7.03. The summed E-state index contributed by atoms with van der Waals surface area (Å²) in [5.41, 5.74) is 0. The number of halogens is 2. The average Bonchev–Trinajstić information content (AvgIpc) is 2.90. The minimum Gasteiger partial charge on any atom is -0.483 e. The number of benzene rings is 1. The van der Waals surface area contributed by atoms with Gasteiger partial charge in [-0.25, -0.2) is 4.98 Å². The molecule has 5 nitrogen and oxygen atoms in total. The fourth-order valence-electron chi connectivity index (χ4n) is 1.54. The van der Waals surface area contributed by atoms with Crippen LogP contribution in [0.2, 0.25) is 5.02 Å². The second-order valence-electron chi connectivity index (χ2n) is 4.15. The smallest absolute Gasteiger partial charge is 0.260 e. The van der Waals surface area contributed by atoms with E-state index in [1.807, 2.05) is 0 Å². The highest BCUT2D eigenvalue weighted by atomic mass is 79.9. The van der Waals surface area contributed by atoms with E-state index in [0.717, 1.165) is 5.82 Å². The van der Waals surface area contributed by atoms with Gasteiger partial charge in [0.2, 0.25) is 0 Å². The first-order chi connectivity index (χ1) is 9.56. The third kappa shape index (κ3) is 3.98. The monoisotopic (exact) mass is 357 g/mol. The molecule has 0 unspecified atom stereocenters. The molecule has 0 aliphatic rings. The summed E-state index contributed by atoms with van der Waals surface area (Å²) in [6, 6.07) is 5.14. The van der Waals surface area contributed by atoms with Gasteiger partial charge in [-0.3, -0.25) is 4.79 Å². The van der Waals surface area contributed by atoms with E-state index in [-0.39, 0.29) is 12.5 Å². The van der Waals surface area contributed by atoms with Crippen molar-refractivity contribution in [2.24, 2.45) is 0 Å². The van der Waals surface area contributed by atoms with Gasteiger partial charge in [0.1, 0.15) is 11.6 Å². The van der Waals surface area contributed by atoms with E-state index in [1.165, 1.54) is 0 Å². The Hall–Kier alpha value is -1.53. The highest BCUT2D eigenvalue weighted by Gasteiger charge is 2.12. The molecular formula is C13H13BrClN3O2. The van der Waals surface area contributed by atoms with Gasteiger partial charge in [0.15, 0.2) is 6.61 Å². The second-order valence-corrected chi connectivity index (χ2v) is 5.44.